The number of imidazole rings is 1. The molecule has 0 radical (unpaired) electrons. The Bertz CT molecular complexity index is 1320. The Balaban J connectivity index is 1.36. The fraction of sp³-hybridized carbons (Fsp3) is 0.310. The summed E-state index contributed by atoms with van der Waals surface area (Å²) in [5.74, 6) is 2.21. The van der Waals surface area contributed by atoms with Crippen molar-refractivity contribution in [1.82, 2.24) is 9.55 Å². The number of fused-ring (bicyclic) bond motifs is 1. The van der Waals surface area contributed by atoms with Gasteiger partial charge in [-0.3, -0.25) is 4.79 Å². The van der Waals surface area contributed by atoms with Gasteiger partial charge < -0.3 is 14.2 Å². The van der Waals surface area contributed by atoms with E-state index in [0.29, 0.717) is 19.6 Å². The number of amides is 1. The minimum Gasteiger partial charge on any atom is -0.493 e. The van der Waals surface area contributed by atoms with Crippen molar-refractivity contribution in [3.8, 4) is 5.75 Å². The lowest BCUT2D eigenvalue weighted by Gasteiger charge is -2.19. The number of carbonyl (C=O) groups is 1. The van der Waals surface area contributed by atoms with Crippen molar-refractivity contribution in [2.24, 2.45) is 0 Å². The number of carbonyl (C=O) groups excluding carboxylic acids is 1. The maximum absolute atomic E-state index is 13.0. The average molecular weight is 454 g/mol. The maximum Gasteiger partial charge on any atom is 0.227 e. The Morgan fingerprint density at radius 1 is 0.912 bits per heavy atom. The lowest BCUT2D eigenvalue weighted by atomic mass is 10.1. The van der Waals surface area contributed by atoms with Crippen molar-refractivity contribution in [2.75, 3.05) is 18.1 Å². The van der Waals surface area contributed by atoms with Crippen LogP contribution in [0.1, 0.15) is 41.3 Å². The van der Waals surface area contributed by atoms with E-state index < -0.39 is 0 Å². The zero-order valence-corrected chi connectivity index (χ0v) is 20.1. The Kier molecular flexibility index (Phi) is 6.10. The number of para-hydroxylation sites is 4. The number of hydrogen-bond donors (Lipinski definition) is 0. The molecule has 2 heterocycles. The number of anilines is 1. The third kappa shape index (κ3) is 4.18. The maximum atomic E-state index is 13.0. The zero-order chi connectivity index (χ0) is 23.7. The number of benzene rings is 3. The van der Waals surface area contributed by atoms with Crippen LogP contribution in [-0.2, 0) is 11.3 Å². The van der Waals surface area contributed by atoms with E-state index in [1.165, 1.54) is 0 Å². The van der Waals surface area contributed by atoms with Crippen LogP contribution < -0.4 is 9.64 Å². The first kappa shape index (κ1) is 22.2. The molecule has 174 valence electrons. The van der Waals surface area contributed by atoms with E-state index in [0.717, 1.165) is 58.0 Å². The van der Waals surface area contributed by atoms with E-state index in [1.54, 1.807) is 0 Å². The minimum atomic E-state index is 0.0686. The van der Waals surface area contributed by atoms with Crippen LogP contribution in [0.4, 0.5) is 5.69 Å². The third-order valence-corrected chi connectivity index (χ3v) is 6.76. The topological polar surface area (TPSA) is 47.4 Å². The molecule has 4 aromatic rings. The molecule has 5 rings (SSSR count). The summed E-state index contributed by atoms with van der Waals surface area (Å²) >= 11 is 0. The summed E-state index contributed by atoms with van der Waals surface area (Å²) in [4.78, 5) is 19.9. The lowest BCUT2D eigenvalue weighted by molar-refractivity contribution is -0.117. The summed E-state index contributed by atoms with van der Waals surface area (Å²) in [6, 6.07) is 22.6. The van der Waals surface area contributed by atoms with E-state index in [4.69, 9.17) is 9.72 Å². The molecule has 0 saturated carbocycles. The summed E-state index contributed by atoms with van der Waals surface area (Å²) in [5.41, 5.74) is 6.54. The van der Waals surface area contributed by atoms with Crippen molar-refractivity contribution in [3.63, 3.8) is 0 Å². The van der Waals surface area contributed by atoms with Gasteiger partial charge in [-0.05, 0) is 62.1 Å². The van der Waals surface area contributed by atoms with Gasteiger partial charge in [-0.15, -0.1) is 0 Å². The average Bonchev–Trinajstić information content (AvgIpc) is 3.39. The Morgan fingerprint density at radius 2 is 1.62 bits per heavy atom. The third-order valence-electron chi connectivity index (χ3n) is 6.76. The molecular formula is C29H31N3O2. The fourth-order valence-corrected chi connectivity index (χ4v) is 5.04. The van der Waals surface area contributed by atoms with Crippen molar-refractivity contribution >= 4 is 22.6 Å². The minimum absolute atomic E-state index is 0.0686. The van der Waals surface area contributed by atoms with Crippen LogP contribution in [0.15, 0.2) is 66.7 Å². The molecule has 34 heavy (non-hydrogen) atoms. The van der Waals surface area contributed by atoms with Gasteiger partial charge >= 0.3 is 0 Å². The summed E-state index contributed by atoms with van der Waals surface area (Å²) in [7, 11) is 0. The molecule has 1 atom stereocenters. The van der Waals surface area contributed by atoms with Crippen LogP contribution in [0, 0.1) is 20.8 Å². The van der Waals surface area contributed by atoms with Crippen LogP contribution in [0.2, 0.25) is 0 Å². The zero-order valence-electron chi connectivity index (χ0n) is 20.1. The molecular weight excluding hydrogens is 422 g/mol. The number of hydrogen-bond acceptors (Lipinski definition) is 3. The molecule has 3 aromatic carbocycles. The molecule has 0 aliphatic carbocycles. The molecule has 0 spiro atoms. The first-order valence-corrected chi connectivity index (χ1v) is 12.0. The molecule has 1 aromatic heterocycles. The van der Waals surface area contributed by atoms with Crippen molar-refractivity contribution in [3.05, 3.63) is 89.2 Å². The van der Waals surface area contributed by atoms with Gasteiger partial charge in [-0.25, -0.2) is 4.98 Å². The molecule has 5 nitrogen and oxygen atoms in total. The van der Waals surface area contributed by atoms with Gasteiger partial charge in [0.15, 0.2) is 0 Å². The summed E-state index contributed by atoms with van der Waals surface area (Å²) in [6.45, 7) is 8.32. The molecule has 0 bridgehead atoms. The van der Waals surface area contributed by atoms with E-state index in [2.05, 4.69) is 67.8 Å². The second-order valence-corrected chi connectivity index (χ2v) is 9.23. The van der Waals surface area contributed by atoms with Gasteiger partial charge in [0.2, 0.25) is 5.91 Å². The van der Waals surface area contributed by atoms with Gasteiger partial charge in [0, 0.05) is 31.1 Å². The number of aromatic nitrogens is 2. The van der Waals surface area contributed by atoms with Gasteiger partial charge in [-0.1, -0.05) is 48.5 Å². The highest BCUT2D eigenvalue weighted by atomic mass is 16.5. The van der Waals surface area contributed by atoms with Crippen LogP contribution in [0.25, 0.3) is 11.0 Å². The van der Waals surface area contributed by atoms with Crippen molar-refractivity contribution < 1.29 is 9.53 Å². The molecule has 1 aliphatic rings. The fourth-order valence-electron chi connectivity index (χ4n) is 5.04. The highest BCUT2D eigenvalue weighted by molar-refractivity contribution is 5.97. The van der Waals surface area contributed by atoms with E-state index >= 15 is 0 Å². The normalized spacial score (nSPS) is 15.9. The van der Waals surface area contributed by atoms with E-state index in [-0.39, 0.29) is 11.8 Å². The van der Waals surface area contributed by atoms with Crippen LogP contribution in [0.5, 0.6) is 5.75 Å². The number of nitrogens with zero attached hydrogens (tertiary/aromatic N) is 3. The molecule has 5 heteroatoms. The summed E-state index contributed by atoms with van der Waals surface area (Å²) in [5, 5.41) is 0. The first-order valence-electron chi connectivity index (χ1n) is 12.0. The highest BCUT2D eigenvalue weighted by Gasteiger charge is 2.35. The van der Waals surface area contributed by atoms with Gasteiger partial charge in [0.1, 0.15) is 11.6 Å². The lowest BCUT2D eigenvalue weighted by Crippen LogP contribution is -2.25. The quantitative estimate of drug-likeness (QED) is 0.325. The van der Waals surface area contributed by atoms with E-state index in [9.17, 15) is 4.79 Å². The van der Waals surface area contributed by atoms with Gasteiger partial charge in [0.25, 0.3) is 0 Å². The van der Waals surface area contributed by atoms with Crippen LogP contribution in [0.3, 0.4) is 0 Å². The number of ether oxygens (including phenoxy) is 1. The van der Waals surface area contributed by atoms with Crippen LogP contribution >= 0.6 is 0 Å². The predicted molar refractivity (Wildman–Crippen MR) is 137 cm³/mol. The molecule has 1 fully saturated rings. The Morgan fingerprint density at radius 3 is 2.41 bits per heavy atom. The summed E-state index contributed by atoms with van der Waals surface area (Å²) in [6.07, 6.45) is 1.35. The SMILES string of the molecule is Cc1ccccc1N1CC(c2nc3ccccc3n2CCCOc2c(C)cccc2C)CC1=O. The standard InChI is InChI=1S/C29H31N3O2/c1-20-10-4-6-14-25(20)32-19-23(18-27(32)33)29-30-24-13-5-7-15-26(24)31(29)16-9-17-34-28-21(2)11-8-12-22(28)3/h4-8,10-15,23H,9,16-19H2,1-3H3. The van der Waals surface area contributed by atoms with E-state index in [1.807, 2.05) is 29.2 Å². The van der Waals surface area contributed by atoms with Crippen molar-refractivity contribution in [1.29, 1.82) is 0 Å². The van der Waals surface area contributed by atoms with Crippen molar-refractivity contribution in [2.45, 2.75) is 46.1 Å². The molecule has 1 aliphatic heterocycles. The molecule has 0 N–H and O–H groups in total. The Hall–Kier alpha value is -3.60. The monoisotopic (exact) mass is 453 g/mol. The van der Waals surface area contributed by atoms with Crippen LogP contribution in [-0.4, -0.2) is 28.6 Å². The number of rotatable bonds is 7. The highest BCUT2D eigenvalue weighted by Crippen LogP contribution is 2.34. The van der Waals surface area contributed by atoms with Gasteiger partial charge in [0.05, 0.1) is 17.6 Å². The largest absolute Gasteiger partial charge is 0.493 e. The predicted octanol–water partition coefficient (Wildman–Crippen LogP) is 5.95. The number of aryl methyl sites for hydroxylation is 4. The second kappa shape index (κ2) is 9.34. The smallest absolute Gasteiger partial charge is 0.227 e. The molecule has 1 unspecified atom stereocenters. The summed E-state index contributed by atoms with van der Waals surface area (Å²) < 4.78 is 8.45. The first-order chi connectivity index (χ1) is 16.5. The van der Waals surface area contributed by atoms with Gasteiger partial charge in [-0.2, -0.15) is 0 Å². The molecule has 1 saturated heterocycles. The second-order valence-electron chi connectivity index (χ2n) is 9.23. The Labute approximate surface area is 201 Å². The molecule has 1 amide bonds.